The van der Waals surface area contributed by atoms with Gasteiger partial charge in [0.2, 0.25) is 23.6 Å². The highest BCUT2D eigenvalue weighted by Gasteiger charge is 2.45. The number of nitrogens with zero attached hydrogens (tertiary/aromatic N) is 6. The van der Waals surface area contributed by atoms with Crippen LogP contribution in [0.3, 0.4) is 0 Å². The number of para-hydroxylation sites is 1. The molecule has 5 aliphatic rings. The van der Waals surface area contributed by atoms with Crippen molar-refractivity contribution in [2.75, 3.05) is 69.5 Å². The van der Waals surface area contributed by atoms with Crippen molar-refractivity contribution in [1.82, 2.24) is 34.7 Å². The molecular formula is C46H50N10O8. The number of imide groups is 2. The number of piperazine rings is 1. The van der Waals surface area contributed by atoms with Gasteiger partial charge < -0.3 is 30.9 Å². The van der Waals surface area contributed by atoms with Crippen LogP contribution in [-0.2, 0) is 19.2 Å². The van der Waals surface area contributed by atoms with Crippen LogP contribution in [0.1, 0.15) is 75.6 Å². The molecule has 5 aliphatic heterocycles. The second-order valence-electron chi connectivity index (χ2n) is 16.9. The molecule has 64 heavy (non-hydrogen) atoms. The summed E-state index contributed by atoms with van der Waals surface area (Å²) in [5.41, 5.74) is 8.40. The SMILES string of the molecule is NC(=O)c1c(-c2ccc(Oc3ccccc3)cc2)nn2c1NCC[C@H]2C1CCN(C(=O)CCN2CCN(C(=O)CNc3ccc4c(c3)C(=O)N(C3CCC(=O)NC3=O)C4=O)CC2)CC1. The van der Waals surface area contributed by atoms with Gasteiger partial charge >= 0.3 is 0 Å². The summed E-state index contributed by atoms with van der Waals surface area (Å²) >= 11 is 0. The Kier molecular flexibility index (Phi) is 11.8. The van der Waals surface area contributed by atoms with E-state index in [4.69, 9.17) is 15.6 Å². The van der Waals surface area contributed by atoms with Gasteiger partial charge in [0.15, 0.2) is 0 Å². The third kappa shape index (κ3) is 8.52. The number of carbonyl (C=O) groups excluding carboxylic acids is 7. The molecule has 0 spiro atoms. The molecule has 3 fully saturated rings. The van der Waals surface area contributed by atoms with Crippen molar-refractivity contribution in [2.45, 2.75) is 50.6 Å². The maximum absolute atomic E-state index is 13.4. The van der Waals surface area contributed by atoms with Crippen molar-refractivity contribution >= 4 is 52.9 Å². The molecule has 7 amide bonds. The number of nitrogens with two attached hydrogens (primary N) is 1. The molecule has 3 saturated heterocycles. The van der Waals surface area contributed by atoms with Gasteiger partial charge in [-0.15, -0.1) is 0 Å². The molecule has 3 aromatic carbocycles. The van der Waals surface area contributed by atoms with E-state index in [1.807, 2.05) is 64.2 Å². The minimum absolute atomic E-state index is 0.0159. The number of piperidine rings is 2. The van der Waals surface area contributed by atoms with Crippen LogP contribution in [0, 0.1) is 5.92 Å². The largest absolute Gasteiger partial charge is 0.457 e. The normalized spacial score (nSPS) is 20.3. The summed E-state index contributed by atoms with van der Waals surface area (Å²) in [6.07, 6.45) is 2.97. The smallest absolute Gasteiger partial charge is 0.262 e. The quantitative estimate of drug-likeness (QED) is 0.151. The topological polar surface area (TPSA) is 222 Å². The van der Waals surface area contributed by atoms with Crippen LogP contribution in [0.2, 0.25) is 0 Å². The lowest BCUT2D eigenvalue weighted by Gasteiger charge is -2.39. The Morgan fingerprint density at radius 2 is 1.48 bits per heavy atom. The summed E-state index contributed by atoms with van der Waals surface area (Å²) in [4.78, 5) is 96.4. The summed E-state index contributed by atoms with van der Waals surface area (Å²) in [7, 11) is 0. The van der Waals surface area contributed by atoms with E-state index in [0.29, 0.717) is 87.3 Å². The second kappa shape index (κ2) is 18.0. The van der Waals surface area contributed by atoms with Crippen molar-refractivity contribution in [3.63, 3.8) is 0 Å². The number of likely N-dealkylation sites (tertiary alicyclic amines) is 1. The number of primary amides is 1. The Balaban J connectivity index is 0.724. The number of benzene rings is 3. The lowest BCUT2D eigenvalue weighted by Crippen LogP contribution is -2.54. The fraction of sp³-hybridized carbons (Fsp3) is 0.391. The molecule has 18 heteroatoms. The van der Waals surface area contributed by atoms with Crippen LogP contribution in [0.4, 0.5) is 11.5 Å². The number of hydrogen-bond acceptors (Lipinski definition) is 12. The fourth-order valence-corrected chi connectivity index (χ4v) is 9.52. The first-order chi connectivity index (χ1) is 31.0. The van der Waals surface area contributed by atoms with Crippen LogP contribution in [-0.4, -0.2) is 136 Å². The van der Waals surface area contributed by atoms with Crippen molar-refractivity contribution in [3.8, 4) is 22.8 Å². The number of anilines is 2. The summed E-state index contributed by atoms with van der Waals surface area (Å²) < 4.78 is 7.90. The van der Waals surface area contributed by atoms with Gasteiger partial charge in [0.05, 0.1) is 23.7 Å². The monoisotopic (exact) mass is 870 g/mol. The number of nitrogens with one attached hydrogen (secondary N) is 3. The Labute approximate surface area is 369 Å². The van der Waals surface area contributed by atoms with Gasteiger partial charge in [0.1, 0.15) is 34.6 Å². The number of amides is 7. The Morgan fingerprint density at radius 3 is 2.20 bits per heavy atom. The van der Waals surface area contributed by atoms with Crippen LogP contribution in [0.15, 0.2) is 72.8 Å². The van der Waals surface area contributed by atoms with Gasteiger partial charge in [0, 0.05) is 76.5 Å². The first kappa shape index (κ1) is 42.2. The Hall–Kier alpha value is -7.08. The van der Waals surface area contributed by atoms with Crippen LogP contribution >= 0.6 is 0 Å². The molecule has 0 saturated carbocycles. The molecule has 0 bridgehead atoms. The first-order valence-electron chi connectivity index (χ1n) is 21.9. The number of hydrogen-bond donors (Lipinski definition) is 4. The Bertz CT molecular complexity index is 2490. The standard InChI is InChI=1S/C46H50N10O8/c47-42(60)40-41(29-6-9-32(10-7-29)64-31-4-2-1-3-5-31)51-56-35(14-18-48-43(40)56)28-15-20-53(21-16-28)38(58)17-19-52-22-24-54(25-23-52)39(59)27-49-30-8-11-33-34(26-30)46(63)55(45(33)62)36-12-13-37(57)50-44(36)61/h1-11,26,28,35-36,48-49H,12-25,27H2,(H2,47,60)(H,50,57,61)/t35-,36?/m0/s1. The highest BCUT2D eigenvalue weighted by molar-refractivity contribution is 6.23. The van der Waals surface area contributed by atoms with Gasteiger partial charge in [-0.3, -0.25) is 48.7 Å². The van der Waals surface area contributed by atoms with E-state index in [9.17, 15) is 33.6 Å². The molecule has 2 atom stereocenters. The summed E-state index contributed by atoms with van der Waals surface area (Å²) in [6.45, 7) is 4.84. The van der Waals surface area contributed by atoms with Crippen molar-refractivity contribution in [1.29, 1.82) is 0 Å². The van der Waals surface area contributed by atoms with Gasteiger partial charge in [-0.05, 0) is 86.2 Å². The Morgan fingerprint density at radius 1 is 0.781 bits per heavy atom. The molecule has 1 aromatic heterocycles. The molecule has 1 unspecified atom stereocenters. The molecule has 6 heterocycles. The van der Waals surface area contributed by atoms with E-state index in [-0.39, 0.29) is 54.3 Å². The molecular weight excluding hydrogens is 821 g/mol. The van der Waals surface area contributed by atoms with Gasteiger partial charge in [-0.2, -0.15) is 5.10 Å². The average molecular weight is 871 g/mol. The lowest BCUT2D eigenvalue weighted by atomic mass is 9.86. The zero-order valence-corrected chi connectivity index (χ0v) is 35.3. The number of ether oxygens (including phenoxy) is 1. The zero-order valence-electron chi connectivity index (χ0n) is 35.3. The first-order valence-corrected chi connectivity index (χ1v) is 21.9. The van der Waals surface area contributed by atoms with E-state index in [1.54, 1.807) is 11.0 Å². The predicted octanol–water partition coefficient (Wildman–Crippen LogP) is 3.08. The predicted molar refractivity (Wildman–Crippen MR) is 233 cm³/mol. The van der Waals surface area contributed by atoms with E-state index in [0.717, 1.165) is 35.5 Å². The van der Waals surface area contributed by atoms with E-state index < -0.39 is 35.6 Å². The molecule has 9 rings (SSSR count). The number of aromatic nitrogens is 2. The van der Waals surface area contributed by atoms with Gasteiger partial charge in [0.25, 0.3) is 17.7 Å². The van der Waals surface area contributed by atoms with Crippen molar-refractivity contribution < 1.29 is 38.3 Å². The molecule has 0 radical (unpaired) electrons. The van der Waals surface area contributed by atoms with E-state index in [2.05, 4.69) is 20.9 Å². The molecule has 4 aromatic rings. The average Bonchev–Trinajstić information content (AvgIpc) is 3.82. The number of fused-ring (bicyclic) bond motifs is 2. The number of rotatable bonds is 12. The van der Waals surface area contributed by atoms with Crippen LogP contribution < -0.4 is 26.4 Å². The van der Waals surface area contributed by atoms with E-state index >= 15 is 0 Å². The minimum Gasteiger partial charge on any atom is -0.457 e. The third-order valence-corrected chi connectivity index (χ3v) is 13.0. The van der Waals surface area contributed by atoms with E-state index in [1.165, 1.54) is 12.1 Å². The summed E-state index contributed by atoms with van der Waals surface area (Å²) in [5, 5.41) is 13.6. The lowest BCUT2D eigenvalue weighted by molar-refractivity contribution is -0.136. The fourth-order valence-electron chi connectivity index (χ4n) is 9.52. The third-order valence-electron chi connectivity index (χ3n) is 13.0. The van der Waals surface area contributed by atoms with Gasteiger partial charge in [-0.1, -0.05) is 18.2 Å². The summed E-state index contributed by atoms with van der Waals surface area (Å²) in [6, 6.07) is 20.6. The summed E-state index contributed by atoms with van der Waals surface area (Å²) in [5.74, 6) is -0.573. The van der Waals surface area contributed by atoms with Gasteiger partial charge in [-0.25, -0.2) is 4.68 Å². The highest BCUT2D eigenvalue weighted by atomic mass is 16.5. The second-order valence-corrected chi connectivity index (χ2v) is 16.9. The minimum atomic E-state index is -1.05. The van der Waals surface area contributed by atoms with Crippen molar-refractivity contribution in [3.05, 3.63) is 89.5 Å². The highest BCUT2D eigenvalue weighted by Crippen LogP contribution is 2.40. The zero-order chi connectivity index (χ0) is 44.5. The van der Waals surface area contributed by atoms with Crippen molar-refractivity contribution in [2.24, 2.45) is 11.7 Å². The maximum atomic E-state index is 13.4. The molecule has 18 nitrogen and oxygen atoms in total. The molecule has 0 aliphatic carbocycles. The maximum Gasteiger partial charge on any atom is 0.262 e. The molecule has 5 N–H and O–H groups in total. The number of carbonyl (C=O) groups is 7. The van der Waals surface area contributed by atoms with Crippen LogP contribution in [0.25, 0.3) is 11.3 Å². The molecule has 332 valence electrons. The van der Waals surface area contributed by atoms with Crippen LogP contribution in [0.5, 0.6) is 11.5 Å².